The first-order valence-electron chi connectivity index (χ1n) is 13.1. The van der Waals surface area contributed by atoms with E-state index in [-0.39, 0.29) is 22.5 Å². The van der Waals surface area contributed by atoms with Gasteiger partial charge in [-0.2, -0.15) is 0 Å². The molecule has 7 N–H and O–H groups in total. The molecule has 2 aromatic carbocycles. The van der Waals surface area contributed by atoms with Gasteiger partial charge in [-0.05, 0) is 31.2 Å². The van der Waals surface area contributed by atoms with Crippen LogP contribution in [0.25, 0.3) is 22.3 Å². The summed E-state index contributed by atoms with van der Waals surface area (Å²) in [6.45, 7) is 0.984. The molecule has 5 rings (SSSR count). The molecular weight excluding hydrogens is 560 g/mol. The molecule has 0 aliphatic carbocycles. The second kappa shape index (κ2) is 12.1. The van der Waals surface area contributed by atoms with Crippen molar-refractivity contribution in [3.63, 3.8) is 0 Å². The van der Waals surface area contributed by atoms with Crippen molar-refractivity contribution >= 4 is 11.0 Å². The third kappa shape index (κ3) is 5.81. The van der Waals surface area contributed by atoms with Gasteiger partial charge in [0.25, 0.3) is 0 Å². The van der Waals surface area contributed by atoms with E-state index in [9.17, 15) is 40.5 Å². The summed E-state index contributed by atoms with van der Waals surface area (Å²) in [5.41, 5.74) is 0.0115. The van der Waals surface area contributed by atoms with Crippen LogP contribution in [0.15, 0.2) is 51.7 Å². The summed E-state index contributed by atoms with van der Waals surface area (Å²) in [4.78, 5) is 12.8. The second-order valence-electron chi connectivity index (χ2n) is 10.2. The highest BCUT2D eigenvalue weighted by Crippen LogP contribution is 2.34. The Morgan fingerprint density at radius 2 is 1.45 bits per heavy atom. The lowest BCUT2D eigenvalue weighted by molar-refractivity contribution is -0.318. The van der Waals surface area contributed by atoms with Crippen molar-refractivity contribution in [3.8, 4) is 28.6 Å². The molecule has 0 radical (unpaired) electrons. The van der Waals surface area contributed by atoms with Crippen molar-refractivity contribution in [1.82, 2.24) is 0 Å². The van der Waals surface area contributed by atoms with E-state index in [0.29, 0.717) is 11.3 Å². The topological polar surface area (TPSA) is 218 Å². The van der Waals surface area contributed by atoms with Crippen molar-refractivity contribution in [3.05, 3.63) is 52.7 Å². The molecule has 3 aromatic rings. The Labute approximate surface area is 238 Å². The first kappa shape index (κ1) is 30.2. The summed E-state index contributed by atoms with van der Waals surface area (Å²) in [5.74, 6) is 0.238. The van der Waals surface area contributed by atoms with E-state index in [0.717, 1.165) is 6.07 Å². The SMILES string of the molecule is COc1ccc(-c2cc(=O)c3c(O)cc(O[C@@H]4O[C@H](CO[C@@H]5O[C@H](C)[C@@H](O)[C@H](O)[C@@H]5O)[C@@H](O)[C@H](O)[C@H]4O)cc3o2)cc1. The Balaban J connectivity index is 1.35. The molecule has 0 bridgehead atoms. The molecule has 14 heteroatoms. The van der Waals surface area contributed by atoms with Crippen LogP contribution in [-0.4, -0.2) is 111 Å². The molecule has 0 saturated carbocycles. The van der Waals surface area contributed by atoms with Crippen molar-refractivity contribution < 1.29 is 63.8 Å². The van der Waals surface area contributed by atoms with Gasteiger partial charge >= 0.3 is 0 Å². The fourth-order valence-electron chi connectivity index (χ4n) is 4.84. The highest BCUT2D eigenvalue weighted by molar-refractivity contribution is 5.86. The van der Waals surface area contributed by atoms with Gasteiger partial charge in [0.1, 0.15) is 76.7 Å². The highest BCUT2D eigenvalue weighted by Gasteiger charge is 2.47. The number of phenolic OH excluding ortho intramolecular Hbond substituents is 1. The molecule has 0 spiro atoms. The van der Waals surface area contributed by atoms with Gasteiger partial charge in [-0.15, -0.1) is 0 Å². The van der Waals surface area contributed by atoms with Crippen LogP contribution < -0.4 is 14.9 Å². The smallest absolute Gasteiger partial charge is 0.229 e. The van der Waals surface area contributed by atoms with Crippen molar-refractivity contribution in [1.29, 1.82) is 0 Å². The van der Waals surface area contributed by atoms with Crippen LogP contribution >= 0.6 is 0 Å². The van der Waals surface area contributed by atoms with Gasteiger partial charge in [0, 0.05) is 23.8 Å². The number of aliphatic hydroxyl groups is 6. The van der Waals surface area contributed by atoms with Crippen molar-refractivity contribution in [2.45, 2.75) is 68.3 Å². The minimum atomic E-state index is -1.76. The van der Waals surface area contributed by atoms with Crippen LogP contribution in [0.3, 0.4) is 0 Å². The van der Waals surface area contributed by atoms with Crippen LogP contribution in [0.2, 0.25) is 0 Å². The zero-order valence-corrected chi connectivity index (χ0v) is 22.5. The molecule has 3 heterocycles. The van der Waals surface area contributed by atoms with Crippen LogP contribution in [0.1, 0.15) is 6.92 Å². The lowest BCUT2D eigenvalue weighted by atomic mass is 9.98. The number of methoxy groups -OCH3 is 1. The third-order valence-corrected chi connectivity index (χ3v) is 7.31. The number of rotatable bonds is 7. The monoisotopic (exact) mass is 592 g/mol. The van der Waals surface area contributed by atoms with E-state index in [1.807, 2.05) is 0 Å². The molecule has 42 heavy (non-hydrogen) atoms. The van der Waals surface area contributed by atoms with Gasteiger partial charge in [-0.3, -0.25) is 4.79 Å². The molecule has 1 aromatic heterocycles. The minimum Gasteiger partial charge on any atom is -0.507 e. The van der Waals surface area contributed by atoms with Gasteiger partial charge in [-0.1, -0.05) is 0 Å². The number of benzene rings is 2. The largest absolute Gasteiger partial charge is 0.507 e. The standard InChI is InChI=1S/C28H32O14/c1-11-21(31)23(33)25(35)27(39-11)38-10-19-22(32)24(34)26(36)28(42-19)40-14-7-15(29)20-16(30)9-17(41-18(20)8-14)12-3-5-13(37-2)6-4-12/h3-9,11,19,21-29,31-36H,10H2,1-2H3/t11-,19-,21-,22-,23+,24+,25+,26-,27-,28-/m1/s1. The maximum absolute atomic E-state index is 12.8. The van der Waals surface area contributed by atoms with Gasteiger partial charge in [0.2, 0.25) is 6.29 Å². The molecule has 228 valence electrons. The normalized spacial score (nSPS) is 33.4. The van der Waals surface area contributed by atoms with E-state index < -0.39 is 79.2 Å². The van der Waals surface area contributed by atoms with Gasteiger partial charge in [-0.25, -0.2) is 0 Å². The quantitative estimate of drug-likeness (QED) is 0.179. The molecule has 2 saturated heterocycles. The zero-order valence-electron chi connectivity index (χ0n) is 22.5. The van der Waals surface area contributed by atoms with E-state index in [1.54, 1.807) is 24.3 Å². The third-order valence-electron chi connectivity index (χ3n) is 7.31. The molecule has 2 fully saturated rings. The van der Waals surface area contributed by atoms with E-state index in [4.69, 9.17) is 28.1 Å². The van der Waals surface area contributed by atoms with Gasteiger partial charge in [0.05, 0.1) is 19.8 Å². The van der Waals surface area contributed by atoms with Crippen LogP contribution in [0.5, 0.6) is 17.2 Å². The van der Waals surface area contributed by atoms with Gasteiger partial charge in [0.15, 0.2) is 11.7 Å². The Kier molecular flexibility index (Phi) is 8.71. The maximum Gasteiger partial charge on any atom is 0.229 e. The number of aromatic hydroxyl groups is 1. The van der Waals surface area contributed by atoms with Crippen LogP contribution in [-0.2, 0) is 14.2 Å². The number of aliphatic hydroxyl groups excluding tert-OH is 6. The van der Waals surface area contributed by atoms with E-state index in [2.05, 4.69) is 0 Å². The number of hydrogen-bond acceptors (Lipinski definition) is 14. The van der Waals surface area contributed by atoms with Crippen molar-refractivity contribution in [2.75, 3.05) is 13.7 Å². The summed E-state index contributed by atoms with van der Waals surface area (Å²) in [6, 6.07) is 10.4. The maximum atomic E-state index is 12.8. The predicted molar refractivity (Wildman–Crippen MR) is 142 cm³/mol. The summed E-state index contributed by atoms with van der Waals surface area (Å²) in [7, 11) is 1.52. The average Bonchev–Trinajstić information content (AvgIpc) is 2.97. The Morgan fingerprint density at radius 3 is 2.14 bits per heavy atom. The summed E-state index contributed by atoms with van der Waals surface area (Å²) < 4.78 is 33.2. The van der Waals surface area contributed by atoms with Gasteiger partial charge < -0.3 is 63.8 Å². The predicted octanol–water partition coefficient (Wildman–Crippen LogP) is -0.795. The Bertz CT molecular complexity index is 1440. The zero-order chi connectivity index (χ0) is 30.3. The number of hydrogen-bond donors (Lipinski definition) is 7. The lowest BCUT2D eigenvalue weighted by Gasteiger charge is -2.42. The van der Waals surface area contributed by atoms with Crippen LogP contribution in [0.4, 0.5) is 0 Å². The summed E-state index contributed by atoms with van der Waals surface area (Å²) in [6.07, 6.45) is -14.8. The highest BCUT2D eigenvalue weighted by atomic mass is 16.7. The number of fused-ring (bicyclic) bond motifs is 1. The molecule has 10 atom stereocenters. The lowest BCUT2D eigenvalue weighted by Crippen LogP contribution is -2.61. The Morgan fingerprint density at radius 1 is 0.786 bits per heavy atom. The molecule has 0 unspecified atom stereocenters. The number of phenols is 1. The Hall–Kier alpha value is -3.31. The van der Waals surface area contributed by atoms with Crippen LogP contribution in [0, 0.1) is 0 Å². The summed E-state index contributed by atoms with van der Waals surface area (Å²) >= 11 is 0. The fourth-order valence-corrected chi connectivity index (χ4v) is 4.84. The average molecular weight is 593 g/mol. The van der Waals surface area contributed by atoms with E-state index >= 15 is 0 Å². The number of ether oxygens (including phenoxy) is 5. The van der Waals surface area contributed by atoms with Crippen molar-refractivity contribution in [2.24, 2.45) is 0 Å². The van der Waals surface area contributed by atoms with E-state index in [1.165, 1.54) is 26.2 Å². The molecule has 2 aliphatic rings. The molecule has 14 nitrogen and oxygen atoms in total. The minimum absolute atomic E-state index is 0.0348. The molecule has 2 aliphatic heterocycles. The molecule has 0 amide bonds. The fraction of sp³-hybridized carbons (Fsp3) is 0.464. The molecular formula is C28H32O14. The second-order valence-corrected chi connectivity index (χ2v) is 10.2. The first-order valence-corrected chi connectivity index (χ1v) is 13.1. The summed E-state index contributed by atoms with van der Waals surface area (Å²) in [5, 5.41) is 71.9. The first-order chi connectivity index (χ1) is 20.0.